The SMILES string of the molecule is CCN1C=COC(c2cccc(O)c2)=C1. The van der Waals surface area contributed by atoms with Crippen LogP contribution in [0.1, 0.15) is 12.5 Å². The maximum absolute atomic E-state index is 9.35. The second kappa shape index (κ2) is 4.09. The van der Waals surface area contributed by atoms with Gasteiger partial charge >= 0.3 is 0 Å². The van der Waals surface area contributed by atoms with Crippen LogP contribution in [0.4, 0.5) is 0 Å². The number of nitrogens with zero attached hydrogens (tertiary/aromatic N) is 1. The lowest BCUT2D eigenvalue weighted by Crippen LogP contribution is -2.12. The van der Waals surface area contributed by atoms with Crippen molar-refractivity contribution in [2.75, 3.05) is 6.54 Å². The lowest BCUT2D eigenvalue weighted by atomic mass is 10.2. The summed E-state index contributed by atoms with van der Waals surface area (Å²) in [6, 6.07) is 7.02. The highest BCUT2D eigenvalue weighted by molar-refractivity contribution is 5.62. The van der Waals surface area contributed by atoms with E-state index in [-0.39, 0.29) is 5.75 Å². The number of aromatic hydroxyl groups is 1. The minimum absolute atomic E-state index is 0.245. The van der Waals surface area contributed by atoms with Gasteiger partial charge in [0.1, 0.15) is 17.8 Å². The van der Waals surface area contributed by atoms with E-state index in [1.54, 1.807) is 24.5 Å². The quantitative estimate of drug-likeness (QED) is 0.801. The molecule has 1 aromatic carbocycles. The van der Waals surface area contributed by atoms with Crippen molar-refractivity contribution < 1.29 is 9.84 Å². The van der Waals surface area contributed by atoms with Gasteiger partial charge in [-0.25, -0.2) is 0 Å². The number of hydrogen-bond donors (Lipinski definition) is 1. The second-order valence-electron chi connectivity index (χ2n) is 3.28. The Morgan fingerprint density at radius 2 is 2.27 bits per heavy atom. The smallest absolute Gasteiger partial charge is 0.150 e. The van der Waals surface area contributed by atoms with Crippen molar-refractivity contribution in [3.8, 4) is 5.75 Å². The summed E-state index contributed by atoms with van der Waals surface area (Å²) in [7, 11) is 0. The fourth-order valence-electron chi connectivity index (χ4n) is 1.40. The first kappa shape index (κ1) is 9.65. The van der Waals surface area contributed by atoms with Gasteiger partial charge in [0.05, 0.1) is 0 Å². The van der Waals surface area contributed by atoms with Crippen molar-refractivity contribution in [3.63, 3.8) is 0 Å². The third-order valence-corrected chi connectivity index (χ3v) is 2.23. The molecule has 1 aliphatic heterocycles. The van der Waals surface area contributed by atoms with Crippen LogP contribution in [0.25, 0.3) is 5.76 Å². The molecule has 1 N–H and O–H groups in total. The van der Waals surface area contributed by atoms with Gasteiger partial charge in [-0.2, -0.15) is 0 Å². The molecule has 78 valence electrons. The fourth-order valence-corrected chi connectivity index (χ4v) is 1.40. The molecule has 0 unspecified atom stereocenters. The van der Waals surface area contributed by atoms with Gasteiger partial charge in [0, 0.05) is 24.5 Å². The summed E-state index contributed by atoms with van der Waals surface area (Å²) in [5, 5.41) is 9.35. The van der Waals surface area contributed by atoms with Crippen LogP contribution in [0.2, 0.25) is 0 Å². The van der Waals surface area contributed by atoms with Gasteiger partial charge in [-0.15, -0.1) is 0 Å². The Bertz CT molecular complexity index is 410. The zero-order chi connectivity index (χ0) is 10.7. The van der Waals surface area contributed by atoms with Gasteiger partial charge in [-0.3, -0.25) is 0 Å². The molecule has 15 heavy (non-hydrogen) atoms. The van der Waals surface area contributed by atoms with Crippen LogP contribution in [0, 0.1) is 0 Å². The monoisotopic (exact) mass is 203 g/mol. The van der Waals surface area contributed by atoms with Crippen molar-refractivity contribution >= 4 is 5.76 Å². The first-order chi connectivity index (χ1) is 7.29. The normalized spacial score (nSPS) is 14.7. The molecule has 2 rings (SSSR count). The average molecular weight is 203 g/mol. The van der Waals surface area contributed by atoms with E-state index in [2.05, 4.69) is 6.92 Å². The topological polar surface area (TPSA) is 32.7 Å². The summed E-state index contributed by atoms with van der Waals surface area (Å²) >= 11 is 0. The molecule has 3 heteroatoms. The average Bonchev–Trinajstić information content (AvgIpc) is 2.29. The van der Waals surface area contributed by atoms with Crippen LogP contribution < -0.4 is 0 Å². The summed E-state index contributed by atoms with van der Waals surface area (Å²) in [4.78, 5) is 2.02. The molecule has 0 aromatic heterocycles. The maximum atomic E-state index is 9.35. The summed E-state index contributed by atoms with van der Waals surface area (Å²) in [5.41, 5.74) is 0.873. The largest absolute Gasteiger partial charge is 0.508 e. The van der Waals surface area contributed by atoms with E-state index in [1.807, 2.05) is 23.4 Å². The summed E-state index contributed by atoms with van der Waals surface area (Å²) in [6.45, 7) is 2.95. The van der Waals surface area contributed by atoms with Crippen LogP contribution >= 0.6 is 0 Å². The molecule has 3 nitrogen and oxygen atoms in total. The Morgan fingerprint density at radius 3 is 3.00 bits per heavy atom. The third-order valence-electron chi connectivity index (χ3n) is 2.23. The van der Waals surface area contributed by atoms with Gasteiger partial charge in [-0.1, -0.05) is 12.1 Å². The Kier molecular flexibility index (Phi) is 2.63. The fraction of sp³-hybridized carbons (Fsp3) is 0.167. The van der Waals surface area contributed by atoms with Crippen molar-refractivity contribution in [2.45, 2.75) is 6.92 Å². The van der Waals surface area contributed by atoms with Crippen LogP contribution in [-0.2, 0) is 4.74 Å². The highest BCUT2D eigenvalue weighted by Gasteiger charge is 2.08. The van der Waals surface area contributed by atoms with E-state index in [4.69, 9.17) is 4.74 Å². The number of hydrogen-bond acceptors (Lipinski definition) is 3. The van der Waals surface area contributed by atoms with Gasteiger partial charge in [-0.05, 0) is 19.1 Å². The molecule has 0 spiro atoms. The standard InChI is InChI=1S/C12H13NO2/c1-2-13-6-7-15-12(9-13)10-4-3-5-11(14)8-10/h3-9,14H,2H2,1H3. The molecule has 0 saturated heterocycles. The molecule has 1 heterocycles. The van der Waals surface area contributed by atoms with Gasteiger partial charge in [0.25, 0.3) is 0 Å². The van der Waals surface area contributed by atoms with E-state index >= 15 is 0 Å². The molecule has 0 atom stereocenters. The van der Waals surface area contributed by atoms with E-state index in [9.17, 15) is 5.11 Å². The number of phenolic OH excluding ortho intramolecular Hbond substituents is 1. The summed E-state index contributed by atoms with van der Waals surface area (Å²) in [6.07, 6.45) is 5.42. The van der Waals surface area contributed by atoms with E-state index in [1.165, 1.54) is 0 Å². The predicted molar refractivity (Wildman–Crippen MR) is 58.7 cm³/mol. The van der Waals surface area contributed by atoms with E-state index < -0.39 is 0 Å². The van der Waals surface area contributed by atoms with Gasteiger partial charge in [0.2, 0.25) is 0 Å². The molecular weight excluding hydrogens is 190 g/mol. The first-order valence-electron chi connectivity index (χ1n) is 4.90. The van der Waals surface area contributed by atoms with Crippen LogP contribution in [0.3, 0.4) is 0 Å². The molecule has 0 bridgehead atoms. The molecule has 1 aromatic rings. The van der Waals surface area contributed by atoms with E-state index in [0.717, 1.165) is 17.9 Å². The summed E-state index contributed by atoms with van der Waals surface area (Å²) in [5.74, 6) is 0.991. The predicted octanol–water partition coefficient (Wildman–Crippen LogP) is 2.51. The number of benzene rings is 1. The lowest BCUT2D eigenvalue weighted by molar-refractivity contribution is 0.378. The molecule has 0 fully saturated rings. The minimum atomic E-state index is 0.245. The Labute approximate surface area is 88.9 Å². The highest BCUT2D eigenvalue weighted by Crippen LogP contribution is 2.23. The van der Waals surface area contributed by atoms with Gasteiger partial charge < -0.3 is 14.7 Å². The highest BCUT2D eigenvalue weighted by atomic mass is 16.5. The van der Waals surface area contributed by atoms with Crippen molar-refractivity contribution in [1.82, 2.24) is 4.90 Å². The lowest BCUT2D eigenvalue weighted by Gasteiger charge is -2.19. The zero-order valence-electron chi connectivity index (χ0n) is 8.55. The van der Waals surface area contributed by atoms with E-state index in [0.29, 0.717) is 0 Å². The maximum Gasteiger partial charge on any atom is 0.150 e. The minimum Gasteiger partial charge on any atom is -0.508 e. The van der Waals surface area contributed by atoms with Crippen LogP contribution in [-0.4, -0.2) is 16.6 Å². The molecule has 0 radical (unpaired) electrons. The van der Waals surface area contributed by atoms with Crippen LogP contribution in [0.15, 0.2) is 42.9 Å². The number of rotatable bonds is 2. The number of phenols is 1. The van der Waals surface area contributed by atoms with Gasteiger partial charge in [0.15, 0.2) is 0 Å². The molecule has 0 amide bonds. The zero-order valence-corrected chi connectivity index (χ0v) is 8.55. The molecule has 0 saturated carbocycles. The molecule has 1 aliphatic rings. The van der Waals surface area contributed by atoms with Crippen molar-refractivity contribution in [2.24, 2.45) is 0 Å². The Morgan fingerprint density at radius 1 is 1.40 bits per heavy atom. The Hall–Kier alpha value is -1.90. The Balaban J connectivity index is 2.28. The molecular formula is C12H13NO2. The summed E-state index contributed by atoms with van der Waals surface area (Å²) < 4.78 is 5.38. The third kappa shape index (κ3) is 2.13. The number of ether oxygens (including phenoxy) is 1. The van der Waals surface area contributed by atoms with Crippen LogP contribution in [0.5, 0.6) is 5.75 Å². The van der Waals surface area contributed by atoms with Crippen molar-refractivity contribution in [1.29, 1.82) is 0 Å². The first-order valence-corrected chi connectivity index (χ1v) is 4.90. The second-order valence-corrected chi connectivity index (χ2v) is 3.28. The van der Waals surface area contributed by atoms with Crippen molar-refractivity contribution in [3.05, 3.63) is 48.5 Å². The molecule has 0 aliphatic carbocycles.